The first-order valence-electron chi connectivity index (χ1n) is 10.7. The number of amides is 2. The number of hydrogen-bond acceptors (Lipinski definition) is 4. The normalized spacial score (nSPS) is 12.4. The van der Waals surface area contributed by atoms with Gasteiger partial charge in [0.1, 0.15) is 18.4 Å². The van der Waals surface area contributed by atoms with E-state index in [1.54, 1.807) is 26.0 Å². The minimum absolute atomic E-state index is 0.0241. The second-order valence-corrected chi connectivity index (χ2v) is 10.5. The van der Waals surface area contributed by atoms with Gasteiger partial charge in [0.2, 0.25) is 21.8 Å². The van der Waals surface area contributed by atoms with Crippen molar-refractivity contribution >= 4 is 27.5 Å². The molecule has 0 saturated heterocycles. The highest BCUT2D eigenvalue weighted by Gasteiger charge is 2.30. The van der Waals surface area contributed by atoms with Gasteiger partial charge in [-0.1, -0.05) is 29.8 Å². The third-order valence-corrected chi connectivity index (χ3v) is 6.29. The minimum Gasteiger partial charge on any atom is -0.352 e. The molecule has 33 heavy (non-hydrogen) atoms. The van der Waals surface area contributed by atoms with Gasteiger partial charge in [0, 0.05) is 12.6 Å². The Labute approximate surface area is 195 Å². The van der Waals surface area contributed by atoms with Gasteiger partial charge < -0.3 is 10.2 Å². The molecule has 2 aromatic carbocycles. The molecule has 7 nitrogen and oxygen atoms in total. The van der Waals surface area contributed by atoms with Crippen molar-refractivity contribution in [2.24, 2.45) is 0 Å². The van der Waals surface area contributed by atoms with E-state index in [9.17, 15) is 22.4 Å². The fourth-order valence-corrected chi connectivity index (χ4v) is 4.36. The highest BCUT2D eigenvalue weighted by molar-refractivity contribution is 7.92. The van der Waals surface area contributed by atoms with Crippen LogP contribution in [0.1, 0.15) is 37.5 Å². The Morgan fingerprint density at radius 2 is 1.64 bits per heavy atom. The molecule has 0 spiro atoms. The molecule has 0 aliphatic rings. The Hall–Kier alpha value is -2.94. The van der Waals surface area contributed by atoms with Gasteiger partial charge in [0.15, 0.2) is 0 Å². The molecule has 2 amide bonds. The predicted molar refractivity (Wildman–Crippen MR) is 128 cm³/mol. The zero-order valence-corrected chi connectivity index (χ0v) is 20.7. The zero-order chi connectivity index (χ0) is 24.9. The smallest absolute Gasteiger partial charge is 0.244 e. The number of nitrogens with one attached hydrogen (secondary N) is 1. The van der Waals surface area contributed by atoms with Gasteiger partial charge in [-0.15, -0.1) is 0 Å². The summed E-state index contributed by atoms with van der Waals surface area (Å²) in [6.07, 6.45) is 1.04. The third kappa shape index (κ3) is 7.28. The number of hydrogen-bond donors (Lipinski definition) is 1. The van der Waals surface area contributed by atoms with Crippen LogP contribution in [0.4, 0.5) is 10.1 Å². The van der Waals surface area contributed by atoms with Crippen LogP contribution >= 0.6 is 0 Å². The lowest BCUT2D eigenvalue weighted by Gasteiger charge is -2.32. The van der Waals surface area contributed by atoms with Crippen molar-refractivity contribution in [2.45, 2.75) is 53.2 Å². The van der Waals surface area contributed by atoms with E-state index in [-0.39, 0.29) is 18.5 Å². The van der Waals surface area contributed by atoms with Gasteiger partial charge in [-0.25, -0.2) is 12.8 Å². The molecule has 0 heterocycles. The van der Waals surface area contributed by atoms with E-state index in [0.29, 0.717) is 16.8 Å². The molecule has 0 unspecified atom stereocenters. The quantitative estimate of drug-likeness (QED) is 0.601. The second kappa shape index (κ2) is 10.8. The van der Waals surface area contributed by atoms with E-state index in [2.05, 4.69) is 5.32 Å². The Morgan fingerprint density at radius 1 is 1.03 bits per heavy atom. The maximum atomic E-state index is 13.4. The summed E-state index contributed by atoms with van der Waals surface area (Å²) in [5.74, 6) is -1.32. The van der Waals surface area contributed by atoms with E-state index in [1.807, 2.05) is 26.8 Å². The van der Waals surface area contributed by atoms with Crippen molar-refractivity contribution < 1.29 is 22.4 Å². The van der Waals surface area contributed by atoms with E-state index < -0.39 is 34.3 Å². The molecule has 0 saturated carbocycles. The van der Waals surface area contributed by atoms with E-state index >= 15 is 0 Å². The summed E-state index contributed by atoms with van der Waals surface area (Å²) < 4.78 is 39.6. The highest BCUT2D eigenvalue weighted by Crippen LogP contribution is 2.24. The van der Waals surface area contributed by atoms with Crippen molar-refractivity contribution in [1.82, 2.24) is 10.2 Å². The molecule has 0 bridgehead atoms. The van der Waals surface area contributed by atoms with E-state index in [1.165, 1.54) is 29.2 Å². The van der Waals surface area contributed by atoms with Crippen LogP contribution < -0.4 is 9.62 Å². The van der Waals surface area contributed by atoms with Crippen LogP contribution in [0.2, 0.25) is 0 Å². The van der Waals surface area contributed by atoms with Crippen LogP contribution in [0.5, 0.6) is 0 Å². The first kappa shape index (κ1) is 26.3. The topological polar surface area (TPSA) is 86.8 Å². The molecule has 0 aliphatic heterocycles. The Morgan fingerprint density at radius 3 is 2.15 bits per heavy atom. The lowest BCUT2D eigenvalue weighted by atomic mass is 10.1. The maximum absolute atomic E-state index is 13.4. The number of rotatable bonds is 9. The summed E-state index contributed by atoms with van der Waals surface area (Å²) in [6.45, 7) is 8.43. The van der Waals surface area contributed by atoms with Crippen molar-refractivity contribution in [3.63, 3.8) is 0 Å². The lowest BCUT2D eigenvalue weighted by molar-refractivity contribution is -0.139. The standard InChI is InChI=1S/C24H32FN3O4S/c1-16(2)26-24(30)19(5)27(14-20-8-10-21(25)11-9-20)23(29)15-28(33(6,31)32)22-12-7-17(3)13-18(22)4/h7-13,16,19H,14-15H2,1-6H3,(H,26,30)/t19-/m1/s1. The number of nitrogens with zero attached hydrogens (tertiary/aromatic N) is 2. The maximum Gasteiger partial charge on any atom is 0.244 e. The molecule has 0 aromatic heterocycles. The number of sulfonamides is 1. The Kier molecular flexibility index (Phi) is 8.60. The van der Waals surface area contributed by atoms with Crippen LogP contribution in [0.15, 0.2) is 42.5 Å². The molecule has 1 N–H and O–H groups in total. The van der Waals surface area contributed by atoms with E-state index in [4.69, 9.17) is 0 Å². The molecule has 0 aliphatic carbocycles. The van der Waals surface area contributed by atoms with Crippen molar-refractivity contribution in [3.8, 4) is 0 Å². The molecular weight excluding hydrogens is 445 g/mol. The van der Waals surface area contributed by atoms with E-state index in [0.717, 1.165) is 16.1 Å². The molecular formula is C24H32FN3O4S. The first-order chi connectivity index (χ1) is 15.3. The van der Waals surface area contributed by atoms with Crippen molar-refractivity contribution in [2.75, 3.05) is 17.1 Å². The number of benzene rings is 2. The van der Waals surface area contributed by atoms with Gasteiger partial charge in [0.25, 0.3) is 0 Å². The highest BCUT2D eigenvalue weighted by atomic mass is 32.2. The summed E-state index contributed by atoms with van der Waals surface area (Å²) in [5.41, 5.74) is 2.70. The predicted octanol–water partition coefficient (Wildman–Crippen LogP) is 3.15. The molecule has 180 valence electrons. The summed E-state index contributed by atoms with van der Waals surface area (Å²) in [4.78, 5) is 27.4. The fourth-order valence-electron chi connectivity index (χ4n) is 3.45. The van der Waals surface area contributed by atoms with Gasteiger partial charge in [0.05, 0.1) is 11.9 Å². The second-order valence-electron chi connectivity index (χ2n) is 8.55. The molecule has 1 atom stereocenters. The molecule has 0 radical (unpaired) electrons. The number of anilines is 1. The summed E-state index contributed by atoms with van der Waals surface area (Å²) in [6, 6.07) is 9.88. The number of carbonyl (C=O) groups excluding carboxylic acids is 2. The molecule has 9 heteroatoms. The van der Waals surface area contributed by atoms with Crippen LogP contribution in [-0.2, 0) is 26.2 Å². The van der Waals surface area contributed by atoms with Crippen LogP contribution in [0.25, 0.3) is 0 Å². The number of carbonyl (C=O) groups is 2. The number of aryl methyl sites for hydroxylation is 2. The average Bonchev–Trinajstić information content (AvgIpc) is 2.70. The Balaban J connectivity index is 2.41. The minimum atomic E-state index is -3.79. The van der Waals surface area contributed by atoms with Gasteiger partial charge >= 0.3 is 0 Å². The summed E-state index contributed by atoms with van der Waals surface area (Å²) in [5, 5.41) is 2.78. The average molecular weight is 478 g/mol. The molecule has 0 fully saturated rings. The van der Waals surface area contributed by atoms with Gasteiger partial charge in [-0.05, 0) is 63.9 Å². The Bertz CT molecular complexity index is 1100. The molecule has 2 rings (SSSR count). The SMILES string of the molecule is Cc1ccc(N(CC(=O)N(Cc2ccc(F)cc2)[C@H](C)C(=O)NC(C)C)S(C)(=O)=O)c(C)c1. The number of halogens is 1. The summed E-state index contributed by atoms with van der Waals surface area (Å²) in [7, 11) is -3.79. The summed E-state index contributed by atoms with van der Waals surface area (Å²) >= 11 is 0. The van der Waals surface area contributed by atoms with Gasteiger partial charge in [-0.2, -0.15) is 0 Å². The van der Waals surface area contributed by atoms with Gasteiger partial charge in [-0.3, -0.25) is 13.9 Å². The molecule has 2 aromatic rings. The third-order valence-electron chi connectivity index (χ3n) is 5.16. The van der Waals surface area contributed by atoms with Crippen molar-refractivity contribution in [1.29, 1.82) is 0 Å². The van der Waals surface area contributed by atoms with Crippen LogP contribution in [-0.4, -0.2) is 50.0 Å². The monoisotopic (exact) mass is 477 g/mol. The zero-order valence-electron chi connectivity index (χ0n) is 19.9. The lowest BCUT2D eigenvalue weighted by Crippen LogP contribution is -2.52. The first-order valence-corrected chi connectivity index (χ1v) is 12.5. The fraction of sp³-hybridized carbons (Fsp3) is 0.417. The van der Waals surface area contributed by atoms with Crippen LogP contribution in [0.3, 0.4) is 0 Å². The van der Waals surface area contributed by atoms with Crippen molar-refractivity contribution in [3.05, 3.63) is 65.0 Å². The largest absolute Gasteiger partial charge is 0.352 e. The van der Waals surface area contributed by atoms with Crippen LogP contribution in [0, 0.1) is 19.7 Å².